The predicted octanol–water partition coefficient (Wildman–Crippen LogP) is 8.40. The Labute approximate surface area is 270 Å². The lowest BCUT2D eigenvalue weighted by molar-refractivity contribution is 0.415. The smallest absolute Gasteiger partial charge is 0.248 e. The summed E-state index contributed by atoms with van der Waals surface area (Å²) in [5.41, 5.74) is 7.15. The van der Waals surface area contributed by atoms with E-state index in [-0.39, 0.29) is 0 Å². The van der Waals surface area contributed by atoms with E-state index >= 15 is 0 Å². The second-order valence-corrected chi connectivity index (χ2v) is 10.8. The quantitative estimate of drug-likeness (QED) is 0.120. The molecule has 0 radical (unpaired) electrons. The third kappa shape index (κ3) is 8.18. The van der Waals surface area contributed by atoms with Crippen LogP contribution in [0.3, 0.4) is 0 Å². The number of benzene rings is 5. The summed E-state index contributed by atoms with van der Waals surface area (Å²) in [6.45, 7) is 0. The van der Waals surface area contributed by atoms with Crippen LogP contribution in [-0.4, -0.2) is 51.7 Å². The second-order valence-electron chi connectivity index (χ2n) is 10.8. The van der Waals surface area contributed by atoms with E-state index in [0.29, 0.717) is 11.8 Å². The zero-order chi connectivity index (χ0) is 32.3. The lowest BCUT2D eigenvalue weighted by Gasteiger charge is -2.19. The summed E-state index contributed by atoms with van der Waals surface area (Å²) in [5, 5.41) is 14.9. The number of hydrogen-bond donors (Lipinski definition) is 0. The molecule has 0 unspecified atom stereocenters. The summed E-state index contributed by atoms with van der Waals surface area (Å²) in [4.78, 5) is 4.10. The maximum Gasteiger partial charge on any atom is 0.248 e. The molecular weight excluding hydrogens is 572 g/mol. The van der Waals surface area contributed by atoms with Gasteiger partial charge in [-0.25, -0.2) is 5.01 Å². The van der Waals surface area contributed by atoms with Crippen LogP contribution in [0.5, 0.6) is 5.75 Å². The van der Waals surface area contributed by atoms with Crippen molar-refractivity contribution in [3.63, 3.8) is 0 Å². The van der Waals surface area contributed by atoms with Crippen LogP contribution in [0, 0.1) is 0 Å². The van der Waals surface area contributed by atoms with Crippen molar-refractivity contribution in [3.05, 3.63) is 139 Å². The first-order valence-electron chi connectivity index (χ1n) is 14.9. The van der Waals surface area contributed by atoms with Crippen LogP contribution in [-0.2, 0) is 0 Å². The van der Waals surface area contributed by atoms with Crippen LogP contribution in [0.15, 0.2) is 143 Å². The fourth-order valence-corrected chi connectivity index (χ4v) is 4.50. The molecule has 6 rings (SSSR count). The lowest BCUT2D eigenvalue weighted by Crippen LogP contribution is -2.09. The van der Waals surface area contributed by atoms with E-state index in [4.69, 9.17) is 9.15 Å². The van der Waals surface area contributed by atoms with Crippen molar-refractivity contribution in [2.75, 3.05) is 50.1 Å². The zero-order valence-corrected chi connectivity index (χ0v) is 26.8. The van der Waals surface area contributed by atoms with Gasteiger partial charge in [-0.05, 0) is 103 Å². The highest BCUT2D eigenvalue weighted by atomic mass is 16.5. The third-order valence-electron chi connectivity index (χ3n) is 7.13. The molecule has 8 nitrogen and oxygen atoms in total. The Morgan fingerprint density at radius 3 is 1.37 bits per heavy atom. The number of hydrogen-bond acceptors (Lipinski definition) is 8. The first-order valence-corrected chi connectivity index (χ1v) is 14.9. The maximum atomic E-state index is 5.81. The molecule has 0 saturated carbocycles. The largest absolute Gasteiger partial charge is 0.497 e. The molecule has 0 aliphatic carbocycles. The minimum absolute atomic E-state index is 0.530. The van der Waals surface area contributed by atoms with E-state index in [9.17, 15) is 0 Å². The molecular formula is C38H38N6O2. The van der Waals surface area contributed by atoms with Gasteiger partial charge in [-0.15, -0.1) is 10.2 Å². The summed E-state index contributed by atoms with van der Waals surface area (Å²) < 4.78 is 11.0. The van der Waals surface area contributed by atoms with Crippen LogP contribution in [0.25, 0.3) is 22.9 Å². The van der Waals surface area contributed by atoms with Gasteiger partial charge in [0.05, 0.1) is 24.7 Å². The molecule has 46 heavy (non-hydrogen) atoms. The van der Waals surface area contributed by atoms with Crippen molar-refractivity contribution >= 4 is 29.0 Å². The molecule has 0 spiro atoms. The van der Waals surface area contributed by atoms with Gasteiger partial charge >= 0.3 is 0 Å². The Morgan fingerprint density at radius 2 is 0.978 bits per heavy atom. The highest BCUT2D eigenvalue weighted by molar-refractivity contribution is 5.82. The first-order chi connectivity index (χ1) is 22.4. The second kappa shape index (κ2) is 15.2. The normalized spacial score (nSPS) is 10.6. The van der Waals surface area contributed by atoms with Gasteiger partial charge < -0.3 is 19.0 Å². The maximum absolute atomic E-state index is 5.81. The van der Waals surface area contributed by atoms with Crippen molar-refractivity contribution in [3.8, 4) is 28.7 Å². The molecule has 0 saturated heterocycles. The molecule has 0 aliphatic heterocycles. The molecule has 5 aromatic carbocycles. The third-order valence-corrected chi connectivity index (χ3v) is 7.13. The molecule has 1 heterocycles. The molecule has 0 fully saturated rings. The van der Waals surface area contributed by atoms with Crippen LogP contribution in [0.2, 0.25) is 0 Å². The van der Waals surface area contributed by atoms with E-state index in [1.807, 2.05) is 173 Å². The molecule has 0 aliphatic rings. The molecule has 232 valence electrons. The minimum atomic E-state index is 0.530. The minimum Gasteiger partial charge on any atom is -0.497 e. The molecule has 1 aromatic heterocycles. The number of rotatable bonds is 9. The topological polar surface area (TPSA) is 70.2 Å². The highest BCUT2D eigenvalue weighted by Gasteiger charge is 2.11. The highest BCUT2D eigenvalue weighted by Crippen LogP contribution is 2.27. The number of anilines is 4. The van der Waals surface area contributed by atoms with Crippen molar-refractivity contribution in [1.82, 2.24) is 10.2 Å². The average Bonchev–Trinajstić information content (AvgIpc) is 3.61. The van der Waals surface area contributed by atoms with Crippen molar-refractivity contribution in [2.45, 2.75) is 0 Å². The van der Waals surface area contributed by atoms with Gasteiger partial charge in [0, 0.05) is 50.7 Å². The number of aromatic nitrogens is 2. The van der Waals surface area contributed by atoms with Crippen LogP contribution in [0.4, 0.5) is 22.7 Å². The standard InChI is InChI=1S/C20H18N2O.C18H20N4O/c1-23-20-14-12-17(13-15-20)16-21-22(18-8-4-2-5-9-18)19-10-6-3-7-11-19;1-21(2)15-9-5-13(6-10-15)17-19-20-18(23-17)14-7-11-16(12-8-14)22(3)4/h2-16H,1H3;5-12H,1-4H3. The summed E-state index contributed by atoms with van der Waals surface area (Å²) in [5.74, 6) is 1.90. The number of para-hydroxylation sites is 2. The Morgan fingerprint density at radius 1 is 0.543 bits per heavy atom. The molecule has 0 N–H and O–H groups in total. The van der Waals surface area contributed by atoms with Gasteiger partial charge in [0.2, 0.25) is 11.8 Å². The van der Waals surface area contributed by atoms with E-state index in [0.717, 1.165) is 45.2 Å². The van der Waals surface area contributed by atoms with Crippen LogP contribution >= 0.6 is 0 Å². The Hall–Kier alpha value is -5.89. The van der Waals surface area contributed by atoms with Gasteiger partial charge in [-0.2, -0.15) is 5.10 Å². The monoisotopic (exact) mass is 610 g/mol. The lowest BCUT2D eigenvalue weighted by atomic mass is 10.2. The van der Waals surface area contributed by atoms with Crippen molar-refractivity contribution in [1.29, 1.82) is 0 Å². The predicted molar refractivity (Wildman–Crippen MR) is 189 cm³/mol. The fraction of sp³-hybridized carbons (Fsp3) is 0.132. The van der Waals surface area contributed by atoms with Crippen molar-refractivity contribution < 1.29 is 9.15 Å². The number of hydrazone groups is 1. The SMILES string of the molecule is CN(C)c1ccc(-c2nnc(-c3ccc(N(C)C)cc3)o2)cc1.COc1ccc(C=NN(c2ccccc2)c2ccccc2)cc1. The Balaban J connectivity index is 0.000000181. The van der Waals surface area contributed by atoms with E-state index < -0.39 is 0 Å². The molecule has 8 heteroatoms. The summed E-state index contributed by atoms with van der Waals surface area (Å²) >= 11 is 0. The fourth-order valence-electron chi connectivity index (χ4n) is 4.50. The molecule has 0 bridgehead atoms. The zero-order valence-electron chi connectivity index (χ0n) is 26.8. The van der Waals surface area contributed by atoms with E-state index in [1.165, 1.54) is 0 Å². The van der Waals surface area contributed by atoms with Gasteiger partial charge in [-0.3, -0.25) is 0 Å². The van der Waals surface area contributed by atoms with E-state index in [1.54, 1.807) is 7.11 Å². The molecule has 0 atom stereocenters. The van der Waals surface area contributed by atoms with Crippen LogP contribution < -0.4 is 19.5 Å². The number of methoxy groups -OCH3 is 1. The summed E-state index contributed by atoms with van der Waals surface area (Å²) in [7, 11) is 9.71. The molecule has 6 aromatic rings. The number of nitrogens with zero attached hydrogens (tertiary/aromatic N) is 6. The van der Waals surface area contributed by atoms with Gasteiger partial charge in [0.25, 0.3) is 0 Å². The number of ether oxygens (including phenoxy) is 1. The Kier molecular flexibility index (Phi) is 10.4. The summed E-state index contributed by atoms with van der Waals surface area (Å²) in [6, 6.07) is 44.1. The van der Waals surface area contributed by atoms with Gasteiger partial charge in [-0.1, -0.05) is 36.4 Å². The van der Waals surface area contributed by atoms with E-state index in [2.05, 4.69) is 25.1 Å². The van der Waals surface area contributed by atoms with Gasteiger partial charge in [0.15, 0.2) is 0 Å². The Bertz CT molecular complexity index is 1700. The first kappa shape index (κ1) is 31.5. The van der Waals surface area contributed by atoms with Gasteiger partial charge in [0.1, 0.15) is 5.75 Å². The average molecular weight is 611 g/mol. The molecule has 0 amide bonds. The summed E-state index contributed by atoms with van der Waals surface area (Å²) in [6.07, 6.45) is 1.85. The van der Waals surface area contributed by atoms with Crippen molar-refractivity contribution in [2.24, 2.45) is 5.10 Å². The van der Waals surface area contributed by atoms with Crippen LogP contribution in [0.1, 0.15) is 5.56 Å².